The summed E-state index contributed by atoms with van der Waals surface area (Å²) in [6, 6.07) is 0. The topological polar surface area (TPSA) is 74.1 Å². The minimum Gasteiger partial charge on any atom is -0.383 e. The maximum Gasteiger partial charge on any atom is 0.296 e. The quantitative estimate of drug-likeness (QED) is 0.776. The van der Waals surface area contributed by atoms with Crippen LogP contribution >= 0.6 is 10.7 Å². The molecule has 1 aromatic heterocycles. The molecule has 0 aliphatic heterocycles. The second-order valence-corrected chi connectivity index (χ2v) is 7.97. The third-order valence-corrected chi connectivity index (χ3v) is 5.10. The monoisotopic (exact) mass is 321 g/mol. The Balaban J connectivity index is 2.44. The molecule has 0 radical (unpaired) electrons. The van der Waals surface area contributed by atoms with Crippen molar-refractivity contribution in [1.29, 1.82) is 0 Å². The minimum absolute atomic E-state index is 0.140. The lowest BCUT2D eigenvalue weighted by atomic mass is 9.75. The van der Waals surface area contributed by atoms with Gasteiger partial charge in [-0.05, 0) is 12.8 Å². The van der Waals surface area contributed by atoms with Gasteiger partial charge in [-0.15, -0.1) is 10.2 Å². The first-order valence-electron chi connectivity index (χ1n) is 6.76. The molecule has 0 amide bonds. The van der Waals surface area contributed by atoms with Crippen LogP contribution in [0.1, 0.15) is 44.9 Å². The third kappa shape index (κ3) is 3.15. The molecule has 0 N–H and O–H groups in total. The fourth-order valence-electron chi connectivity index (χ4n) is 2.86. The van der Waals surface area contributed by atoms with Gasteiger partial charge < -0.3 is 4.74 Å². The molecule has 1 aliphatic carbocycles. The van der Waals surface area contributed by atoms with Crippen LogP contribution in [0, 0.1) is 0 Å². The van der Waals surface area contributed by atoms with E-state index in [-0.39, 0.29) is 10.6 Å². The first kappa shape index (κ1) is 15.7. The average molecular weight is 322 g/mol. The molecule has 114 valence electrons. The van der Waals surface area contributed by atoms with E-state index in [1.807, 2.05) is 0 Å². The van der Waals surface area contributed by atoms with Crippen molar-refractivity contribution < 1.29 is 13.2 Å². The third-order valence-electron chi connectivity index (χ3n) is 3.95. The average Bonchev–Trinajstić information content (AvgIpc) is 2.81. The number of aromatic nitrogens is 3. The molecule has 1 saturated carbocycles. The van der Waals surface area contributed by atoms with Crippen molar-refractivity contribution >= 4 is 19.7 Å². The molecule has 2 rings (SSSR count). The number of rotatable bonds is 5. The van der Waals surface area contributed by atoms with E-state index in [1.54, 1.807) is 11.7 Å². The number of halogens is 1. The minimum atomic E-state index is -3.90. The van der Waals surface area contributed by atoms with Crippen LogP contribution in [0.25, 0.3) is 0 Å². The lowest BCUT2D eigenvalue weighted by Gasteiger charge is -2.32. The van der Waals surface area contributed by atoms with Crippen molar-refractivity contribution in [2.24, 2.45) is 0 Å². The highest BCUT2D eigenvalue weighted by atomic mass is 35.7. The summed E-state index contributed by atoms with van der Waals surface area (Å²) in [4.78, 5) is 0. The molecule has 8 heteroatoms. The van der Waals surface area contributed by atoms with E-state index in [0.29, 0.717) is 19.0 Å². The van der Waals surface area contributed by atoms with E-state index < -0.39 is 9.05 Å². The van der Waals surface area contributed by atoms with Crippen LogP contribution in [0.3, 0.4) is 0 Å². The van der Waals surface area contributed by atoms with Gasteiger partial charge in [-0.1, -0.05) is 26.2 Å². The highest BCUT2D eigenvalue weighted by molar-refractivity contribution is 8.13. The van der Waals surface area contributed by atoms with E-state index in [2.05, 4.69) is 17.1 Å². The van der Waals surface area contributed by atoms with Gasteiger partial charge in [-0.3, -0.25) is 4.57 Å². The molecule has 0 bridgehead atoms. The van der Waals surface area contributed by atoms with Gasteiger partial charge >= 0.3 is 0 Å². The lowest BCUT2D eigenvalue weighted by Crippen LogP contribution is -2.30. The molecule has 1 fully saturated rings. The molecule has 0 spiro atoms. The van der Waals surface area contributed by atoms with E-state index in [1.165, 1.54) is 6.42 Å². The van der Waals surface area contributed by atoms with Gasteiger partial charge in [0, 0.05) is 29.8 Å². The van der Waals surface area contributed by atoms with Gasteiger partial charge in [0.15, 0.2) is 0 Å². The summed E-state index contributed by atoms with van der Waals surface area (Å²) in [6.45, 7) is 2.89. The van der Waals surface area contributed by atoms with E-state index in [4.69, 9.17) is 15.4 Å². The Kier molecular flexibility index (Phi) is 4.71. The van der Waals surface area contributed by atoms with Gasteiger partial charge in [0.2, 0.25) is 0 Å². The SMILES string of the molecule is COCCn1c(C2(C)CCCCC2)nnc1S(=O)(=O)Cl. The van der Waals surface area contributed by atoms with Crippen LogP contribution < -0.4 is 0 Å². The largest absolute Gasteiger partial charge is 0.383 e. The van der Waals surface area contributed by atoms with Crippen LogP contribution in [-0.2, 0) is 25.7 Å². The molecule has 0 unspecified atom stereocenters. The van der Waals surface area contributed by atoms with Crippen molar-refractivity contribution in [3.63, 3.8) is 0 Å². The highest BCUT2D eigenvalue weighted by Gasteiger charge is 2.36. The zero-order valence-electron chi connectivity index (χ0n) is 11.8. The highest BCUT2D eigenvalue weighted by Crippen LogP contribution is 2.38. The van der Waals surface area contributed by atoms with Crippen LogP contribution in [0.2, 0.25) is 0 Å². The number of hydrogen-bond acceptors (Lipinski definition) is 5. The molecule has 1 heterocycles. The van der Waals surface area contributed by atoms with Crippen molar-refractivity contribution in [3.05, 3.63) is 5.82 Å². The summed E-state index contributed by atoms with van der Waals surface area (Å²) < 4.78 is 29.9. The normalized spacial score (nSPS) is 19.1. The summed E-state index contributed by atoms with van der Waals surface area (Å²) in [7, 11) is 3.12. The zero-order chi connectivity index (χ0) is 14.8. The zero-order valence-corrected chi connectivity index (χ0v) is 13.4. The fraction of sp³-hybridized carbons (Fsp3) is 0.833. The molecule has 1 aromatic rings. The summed E-state index contributed by atoms with van der Waals surface area (Å²) in [5, 5.41) is 7.74. The Morgan fingerprint density at radius 2 is 1.95 bits per heavy atom. The van der Waals surface area contributed by atoms with Gasteiger partial charge in [0.25, 0.3) is 14.2 Å². The van der Waals surface area contributed by atoms with Gasteiger partial charge in [0.05, 0.1) is 6.61 Å². The molecular formula is C12H20ClN3O3S. The molecule has 6 nitrogen and oxygen atoms in total. The Morgan fingerprint density at radius 3 is 2.50 bits per heavy atom. The standard InChI is InChI=1S/C12H20ClN3O3S/c1-12(6-4-3-5-7-12)10-14-15-11(20(13,17)18)16(10)8-9-19-2/h3-9H2,1-2H3. The Bertz CT molecular complexity index is 565. The second-order valence-electron chi connectivity index (χ2n) is 5.51. The second kappa shape index (κ2) is 5.99. The molecule has 0 atom stereocenters. The predicted molar refractivity (Wildman–Crippen MR) is 75.4 cm³/mol. The Morgan fingerprint density at radius 1 is 1.30 bits per heavy atom. The molecule has 20 heavy (non-hydrogen) atoms. The first-order valence-corrected chi connectivity index (χ1v) is 9.07. The Labute approximate surface area is 123 Å². The van der Waals surface area contributed by atoms with Crippen LogP contribution in [0.15, 0.2) is 5.16 Å². The number of methoxy groups -OCH3 is 1. The smallest absolute Gasteiger partial charge is 0.296 e. The van der Waals surface area contributed by atoms with Gasteiger partial charge in [-0.25, -0.2) is 8.42 Å². The lowest BCUT2D eigenvalue weighted by molar-refractivity contribution is 0.179. The van der Waals surface area contributed by atoms with E-state index >= 15 is 0 Å². The summed E-state index contributed by atoms with van der Waals surface area (Å²) in [5.74, 6) is 0.702. The van der Waals surface area contributed by atoms with Crippen molar-refractivity contribution in [2.45, 2.75) is 56.1 Å². The summed E-state index contributed by atoms with van der Waals surface area (Å²) >= 11 is 0. The number of hydrogen-bond donors (Lipinski definition) is 0. The number of nitrogens with zero attached hydrogens (tertiary/aromatic N) is 3. The molecular weight excluding hydrogens is 302 g/mol. The van der Waals surface area contributed by atoms with E-state index in [0.717, 1.165) is 25.7 Å². The van der Waals surface area contributed by atoms with Crippen molar-refractivity contribution in [2.75, 3.05) is 13.7 Å². The van der Waals surface area contributed by atoms with Crippen LogP contribution in [-0.4, -0.2) is 36.9 Å². The van der Waals surface area contributed by atoms with Crippen LogP contribution in [0.4, 0.5) is 0 Å². The van der Waals surface area contributed by atoms with Crippen molar-refractivity contribution in [1.82, 2.24) is 14.8 Å². The molecule has 1 aliphatic rings. The molecule has 0 saturated heterocycles. The van der Waals surface area contributed by atoms with E-state index in [9.17, 15) is 8.42 Å². The molecule has 0 aromatic carbocycles. The summed E-state index contributed by atoms with van der Waals surface area (Å²) in [6.07, 6.45) is 5.43. The first-order chi connectivity index (χ1) is 9.38. The van der Waals surface area contributed by atoms with Crippen molar-refractivity contribution in [3.8, 4) is 0 Å². The Hall–Kier alpha value is -0.660. The maximum atomic E-state index is 11.6. The fourth-order valence-corrected chi connectivity index (χ4v) is 3.78. The maximum absolute atomic E-state index is 11.6. The van der Waals surface area contributed by atoms with Gasteiger partial charge in [-0.2, -0.15) is 0 Å². The van der Waals surface area contributed by atoms with Gasteiger partial charge in [0.1, 0.15) is 5.82 Å². The van der Waals surface area contributed by atoms with Crippen LogP contribution in [0.5, 0.6) is 0 Å². The summed E-state index contributed by atoms with van der Waals surface area (Å²) in [5.41, 5.74) is -0.140. The number of ether oxygens (including phenoxy) is 1. The predicted octanol–water partition coefficient (Wildman–Crippen LogP) is 2.07.